The average molecular weight is 162 g/mol. The predicted molar refractivity (Wildman–Crippen MR) is 43.7 cm³/mol. The molecule has 62 valence electrons. The van der Waals surface area contributed by atoms with Gasteiger partial charge in [-0.2, -0.15) is 0 Å². The maximum atomic E-state index is 10.8. The maximum absolute atomic E-state index is 10.8. The summed E-state index contributed by atoms with van der Waals surface area (Å²) in [5, 5.41) is 0. The summed E-state index contributed by atoms with van der Waals surface area (Å²) in [4.78, 5) is 10.8. The Labute approximate surface area is 70.9 Å². The van der Waals surface area contributed by atoms with Crippen LogP contribution in [0.15, 0.2) is 24.3 Å². The first kappa shape index (κ1) is 6.61. The van der Waals surface area contributed by atoms with E-state index >= 15 is 0 Å². The minimum Gasteiger partial charge on any atom is -0.360 e. The molecule has 1 saturated heterocycles. The van der Waals surface area contributed by atoms with Crippen LogP contribution in [0.1, 0.15) is 19.3 Å². The van der Waals surface area contributed by atoms with Crippen LogP contribution in [0, 0.1) is 0 Å². The number of ketones is 1. The Balaban J connectivity index is 1.82. The molecule has 1 saturated carbocycles. The third kappa shape index (κ3) is 0.758. The Bertz CT molecular complexity index is 282. The van der Waals surface area contributed by atoms with Gasteiger partial charge in [-0.3, -0.25) is 4.79 Å². The van der Waals surface area contributed by atoms with Crippen LogP contribution in [0.2, 0.25) is 0 Å². The van der Waals surface area contributed by atoms with E-state index in [1.54, 1.807) is 12.2 Å². The average Bonchev–Trinajstić information content (AvgIpc) is 2.74. The first-order valence-corrected chi connectivity index (χ1v) is 4.35. The number of allylic oxidation sites excluding steroid dienone is 2. The summed E-state index contributed by atoms with van der Waals surface area (Å²) in [5.41, 5.74) is 0.0134. The van der Waals surface area contributed by atoms with Crippen molar-refractivity contribution in [2.45, 2.75) is 30.5 Å². The topological polar surface area (TPSA) is 26.3 Å². The van der Waals surface area contributed by atoms with Crippen LogP contribution in [0.3, 0.4) is 0 Å². The summed E-state index contributed by atoms with van der Waals surface area (Å²) in [6.07, 6.45) is 10.5. The number of carbonyl (C=O) groups excluding carboxylic acids is 1. The van der Waals surface area contributed by atoms with Crippen molar-refractivity contribution in [1.29, 1.82) is 0 Å². The van der Waals surface area contributed by atoms with Crippen molar-refractivity contribution in [2.24, 2.45) is 0 Å². The van der Waals surface area contributed by atoms with Gasteiger partial charge in [-0.15, -0.1) is 0 Å². The lowest BCUT2D eigenvalue weighted by atomic mass is 9.84. The minimum absolute atomic E-state index is 0.0703. The Hall–Kier alpha value is -0.890. The van der Waals surface area contributed by atoms with Crippen molar-refractivity contribution in [1.82, 2.24) is 0 Å². The number of ether oxygens (including phenoxy) is 1. The van der Waals surface area contributed by atoms with E-state index in [2.05, 4.69) is 0 Å². The van der Waals surface area contributed by atoms with Crippen molar-refractivity contribution in [3.05, 3.63) is 24.3 Å². The van der Waals surface area contributed by atoms with Gasteiger partial charge in [0.15, 0.2) is 5.78 Å². The zero-order chi connectivity index (χ0) is 8.23. The first-order chi connectivity index (χ1) is 5.72. The quantitative estimate of drug-likeness (QED) is 0.537. The monoisotopic (exact) mass is 162 g/mol. The van der Waals surface area contributed by atoms with Crippen LogP contribution < -0.4 is 0 Å². The molecule has 0 aromatic carbocycles. The molecule has 12 heavy (non-hydrogen) atoms. The smallest absolute Gasteiger partial charge is 0.178 e. The van der Waals surface area contributed by atoms with Crippen LogP contribution in [0.4, 0.5) is 0 Å². The van der Waals surface area contributed by atoms with Crippen molar-refractivity contribution >= 4 is 5.78 Å². The largest absolute Gasteiger partial charge is 0.360 e. The van der Waals surface area contributed by atoms with Crippen LogP contribution in [-0.4, -0.2) is 17.0 Å². The molecule has 1 heterocycles. The SMILES string of the molecule is O=C1C=CC2(C=C1)CC1(CC1)O2. The third-order valence-electron chi connectivity index (χ3n) is 2.87. The first-order valence-electron chi connectivity index (χ1n) is 4.35. The van der Waals surface area contributed by atoms with Crippen LogP contribution in [-0.2, 0) is 9.53 Å². The van der Waals surface area contributed by atoms with Gasteiger partial charge in [0.1, 0.15) is 5.60 Å². The molecule has 0 unspecified atom stereocenters. The Kier molecular flexibility index (Phi) is 0.945. The molecular formula is C10H10O2. The summed E-state index contributed by atoms with van der Waals surface area (Å²) in [6.45, 7) is 0. The second-order valence-corrected chi connectivity index (χ2v) is 3.99. The second kappa shape index (κ2) is 1.72. The van der Waals surface area contributed by atoms with Gasteiger partial charge in [-0.25, -0.2) is 0 Å². The molecule has 0 amide bonds. The van der Waals surface area contributed by atoms with Gasteiger partial charge in [-0.1, -0.05) is 0 Å². The highest BCUT2D eigenvalue weighted by Crippen LogP contribution is 2.58. The van der Waals surface area contributed by atoms with Gasteiger partial charge in [0.05, 0.1) is 5.60 Å². The van der Waals surface area contributed by atoms with Gasteiger partial charge < -0.3 is 4.74 Å². The van der Waals surface area contributed by atoms with Gasteiger partial charge in [0.2, 0.25) is 0 Å². The summed E-state index contributed by atoms with van der Waals surface area (Å²) in [5.74, 6) is 0.0703. The maximum Gasteiger partial charge on any atom is 0.178 e. The Morgan fingerprint density at radius 3 is 2.33 bits per heavy atom. The van der Waals surface area contributed by atoms with E-state index in [0.29, 0.717) is 0 Å². The number of carbonyl (C=O) groups is 1. The normalized spacial score (nSPS) is 32.5. The molecule has 2 nitrogen and oxygen atoms in total. The second-order valence-electron chi connectivity index (χ2n) is 3.99. The number of hydrogen-bond acceptors (Lipinski definition) is 2. The molecule has 3 aliphatic rings. The van der Waals surface area contributed by atoms with E-state index in [-0.39, 0.29) is 17.0 Å². The van der Waals surface area contributed by atoms with E-state index in [0.717, 1.165) is 6.42 Å². The highest BCUT2D eigenvalue weighted by molar-refractivity contribution is 6.00. The molecule has 1 aliphatic heterocycles. The predicted octanol–water partition coefficient (Wildman–Crippen LogP) is 1.37. The van der Waals surface area contributed by atoms with Gasteiger partial charge in [-0.05, 0) is 37.1 Å². The highest BCUT2D eigenvalue weighted by Gasteiger charge is 2.61. The molecule has 2 aliphatic carbocycles. The van der Waals surface area contributed by atoms with Crippen molar-refractivity contribution in [2.75, 3.05) is 0 Å². The van der Waals surface area contributed by atoms with E-state index in [9.17, 15) is 4.79 Å². The molecule has 0 radical (unpaired) electrons. The zero-order valence-electron chi connectivity index (χ0n) is 6.75. The molecule has 2 heteroatoms. The summed E-state index contributed by atoms with van der Waals surface area (Å²) < 4.78 is 5.79. The molecule has 0 bridgehead atoms. The van der Waals surface area contributed by atoms with Gasteiger partial charge in [0.25, 0.3) is 0 Å². The molecule has 0 N–H and O–H groups in total. The van der Waals surface area contributed by atoms with Crippen molar-refractivity contribution in [3.8, 4) is 0 Å². The highest BCUT2D eigenvalue weighted by atomic mass is 16.6. The lowest BCUT2D eigenvalue weighted by Gasteiger charge is -2.45. The van der Waals surface area contributed by atoms with E-state index < -0.39 is 0 Å². The molecule has 0 aromatic rings. The van der Waals surface area contributed by atoms with Crippen LogP contribution in [0.5, 0.6) is 0 Å². The summed E-state index contributed by atoms with van der Waals surface area (Å²) in [7, 11) is 0. The molecule has 0 aromatic heterocycles. The summed E-state index contributed by atoms with van der Waals surface area (Å²) in [6, 6.07) is 0. The van der Waals surface area contributed by atoms with E-state index in [1.807, 2.05) is 12.2 Å². The zero-order valence-corrected chi connectivity index (χ0v) is 6.75. The Morgan fingerprint density at radius 1 is 1.25 bits per heavy atom. The number of rotatable bonds is 0. The van der Waals surface area contributed by atoms with E-state index in [1.165, 1.54) is 12.8 Å². The van der Waals surface area contributed by atoms with Crippen LogP contribution in [0.25, 0.3) is 0 Å². The van der Waals surface area contributed by atoms with E-state index in [4.69, 9.17) is 4.74 Å². The molecule has 2 spiro atoms. The van der Waals surface area contributed by atoms with Crippen molar-refractivity contribution < 1.29 is 9.53 Å². The van der Waals surface area contributed by atoms with Gasteiger partial charge in [0, 0.05) is 6.42 Å². The fraction of sp³-hybridized carbons (Fsp3) is 0.500. The fourth-order valence-corrected chi connectivity index (χ4v) is 2.06. The third-order valence-corrected chi connectivity index (χ3v) is 2.87. The Morgan fingerprint density at radius 2 is 1.83 bits per heavy atom. The molecule has 0 atom stereocenters. The van der Waals surface area contributed by atoms with Crippen molar-refractivity contribution in [3.63, 3.8) is 0 Å². The molecule has 2 fully saturated rings. The number of hydrogen-bond donors (Lipinski definition) is 0. The standard InChI is InChI=1S/C10H10O2/c11-8-1-3-9(4-2-8)7-10(12-9)5-6-10/h1-4H,5-7H2. The van der Waals surface area contributed by atoms with Gasteiger partial charge >= 0.3 is 0 Å². The molecular weight excluding hydrogens is 152 g/mol. The lowest BCUT2D eigenvalue weighted by Crippen LogP contribution is -2.50. The summed E-state index contributed by atoms with van der Waals surface area (Å²) >= 11 is 0. The molecule has 3 rings (SSSR count). The lowest BCUT2D eigenvalue weighted by molar-refractivity contribution is -0.168. The van der Waals surface area contributed by atoms with Crippen LogP contribution >= 0.6 is 0 Å². The minimum atomic E-state index is -0.204. The fourth-order valence-electron chi connectivity index (χ4n) is 2.06.